The molecular weight excluding hydrogens is 417 g/mol. The second kappa shape index (κ2) is 9.53. The minimum Gasteiger partial charge on any atom is -0.344 e. The normalized spacial score (nSPS) is 11.8. The number of rotatable bonds is 7. The Morgan fingerprint density at radius 2 is 1.68 bits per heavy atom. The van der Waals surface area contributed by atoms with E-state index >= 15 is 0 Å². The molecule has 1 heterocycles. The molecule has 0 saturated carbocycles. The first-order valence-electron chi connectivity index (χ1n) is 9.74. The Morgan fingerprint density at radius 3 is 2.39 bits per heavy atom. The van der Waals surface area contributed by atoms with E-state index in [1.807, 2.05) is 30.3 Å². The summed E-state index contributed by atoms with van der Waals surface area (Å²) in [4.78, 5) is 17.2. The molecule has 0 fully saturated rings. The highest BCUT2D eigenvalue weighted by Crippen LogP contribution is 2.23. The van der Waals surface area contributed by atoms with Gasteiger partial charge in [-0.15, -0.1) is 0 Å². The van der Waals surface area contributed by atoms with Crippen LogP contribution in [-0.4, -0.2) is 16.0 Å². The molecule has 4 rings (SSSR count). The Balaban J connectivity index is 1.54. The maximum atomic E-state index is 13.1. The Labute approximate surface area is 183 Å². The Hall–Kier alpha value is -3.51. The van der Waals surface area contributed by atoms with Gasteiger partial charge in [-0.05, 0) is 47.5 Å². The molecule has 0 aliphatic carbocycles. The fourth-order valence-electron chi connectivity index (χ4n) is 3.18. The molecule has 31 heavy (non-hydrogen) atoms. The zero-order valence-corrected chi connectivity index (χ0v) is 17.2. The van der Waals surface area contributed by atoms with E-state index in [-0.39, 0.29) is 18.1 Å². The van der Waals surface area contributed by atoms with E-state index in [0.717, 1.165) is 11.1 Å². The summed E-state index contributed by atoms with van der Waals surface area (Å²) in [6, 6.07) is 22.2. The quantitative estimate of drug-likeness (QED) is 0.434. The summed E-state index contributed by atoms with van der Waals surface area (Å²) in [5.41, 5.74) is 2.49. The van der Waals surface area contributed by atoms with Crippen molar-refractivity contribution in [1.29, 1.82) is 0 Å². The van der Waals surface area contributed by atoms with Crippen LogP contribution in [0.2, 0.25) is 5.02 Å². The molecular formula is C24H19ClFN3O2. The molecule has 0 unspecified atom stereocenters. The topological polar surface area (TPSA) is 68.0 Å². The average Bonchev–Trinajstić information content (AvgIpc) is 3.26. The van der Waals surface area contributed by atoms with Crippen molar-refractivity contribution in [3.63, 3.8) is 0 Å². The maximum Gasteiger partial charge on any atom is 0.249 e. The molecule has 0 bridgehead atoms. The number of nitrogens with zero attached hydrogens (tertiary/aromatic N) is 2. The Kier molecular flexibility index (Phi) is 6.38. The van der Waals surface area contributed by atoms with Crippen molar-refractivity contribution in [2.45, 2.75) is 18.9 Å². The molecule has 1 atom stereocenters. The van der Waals surface area contributed by atoms with E-state index in [1.54, 1.807) is 36.4 Å². The number of nitrogens with one attached hydrogen (secondary N) is 1. The third-order valence-electron chi connectivity index (χ3n) is 4.74. The lowest BCUT2D eigenvalue weighted by molar-refractivity contribution is -0.121. The highest BCUT2D eigenvalue weighted by atomic mass is 35.5. The van der Waals surface area contributed by atoms with Crippen LogP contribution in [0.3, 0.4) is 0 Å². The van der Waals surface area contributed by atoms with Crippen LogP contribution in [0.25, 0.3) is 11.4 Å². The third kappa shape index (κ3) is 5.55. The molecule has 1 aromatic heterocycles. The van der Waals surface area contributed by atoms with E-state index < -0.39 is 6.04 Å². The second-order valence-corrected chi connectivity index (χ2v) is 7.51. The van der Waals surface area contributed by atoms with Gasteiger partial charge >= 0.3 is 0 Å². The van der Waals surface area contributed by atoms with Crippen LogP contribution in [-0.2, 0) is 17.6 Å². The summed E-state index contributed by atoms with van der Waals surface area (Å²) in [6.07, 6.45) is 0.599. The average molecular weight is 436 g/mol. The number of carbonyl (C=O) groups excluding carboxylic acids is 1. The molecule has 156 valence electrons. The van der Waals surface area contributed by atoms with Gasteiger partial charge in [-0.2, -0.15) is 4.98 Å². The van der Waals surface area contributed by atoms with Crippen LogP contribution in [0, 0.1) is 5.82 Å². The number of carbonyl (C=O) groups is 1. The first-order chi connectivity index (χ1) is 15.1. The summed E-state index contributed by atoms with van der Waals surface area (Å²) < 4.78 is 18.6. The lowest BCUT2D eigenvalue weighted by atomic mass is 10.0. The van der Waals surface area contributed by atoms with Gasteiger partial charge in [-0.1, -0.05) is 59.2 Å². The maximum absolute atomic E-state index is 13.1. The Bertz CT molecular complexity index is 1150. The highest BCUT2D eigenvalue weighted by Gasteiger charge is 2.22. The van der Waals surface area contributed by atoms with Crippen molar-refractivity contribution in [3.8, 4) is 11.4 Å². The SMILES string of the molecule is O=C(Cc1ccc(F)cc1)N[C@H](Cc1ccccc1)c1nc(-c2ccc(Cl)cc2)no1. The van der Waals surface area contributed by atoms with Crippen LogP contribution >= 0.6 is 11.6 Å². The van der Waals surface area contributed by atoms with E-state index in [0.29, 0.717) is 28.7 Å². The summed E-state index contributed by atoms with van der Waals surface area (Å²) in [6.45, 7) is 0. The second-order valence-electron chi connectivity index (χ2n) is 7.08. The summed E-state index contributed by atoms with van der Waals surface area (Å²) in [5.74, 6) is 0.157. The molecule has 3 aromatic carbocycles. The van der Waals surface area contributed by atoms with E-state index in [1.165, 1.54) is 12.1 Å². The molecule has 0 aliphatic heterocycles. The van der Waals surface area contributed by atoms with Gasteiger partial charge in [0.15, 0.2) is 0 Å². The van der Waals surface area contributed by atoms with E-state index in [9.17, 15) is 9.18 Å². The van der Waals surface area contributed by atoms with Crippen molar-refractivity contribution < 1.29 is 13.7 Å². The number of amides is 1. The van der Waals surface area contributed by atoms with E-state index in [2.05, 4.69) is 15.5 Å². The molecule has 4 aromatic rings. The lowest BCUT2D eigenvalue weighted by Crippen LogP contribution is -2.31. The van der Waals surface area contributed by atoms with Gasteiger partial charge in [0.25, 0.3) is 0 Å². The first-order valence-corrected chi connectivity index (χ1v) is 10.1. The molecule has 0 radical (unpaired) electrons. The van der Waals surface area contributed by atoms with Crippen LogP contribution in [0.5, 0.6) is 0 Å². The number of halogens is 2. The predicted molar refractivity (Wildman–Crippen MR) is 116 cm³/mol. The summed E-state index contributed by atoms with van der Waals surface area (Å²) in [5, 5.41) is 7.64. The van der Waals surface area contributed by atoms with Crippen LogP contribution in [0.4, 0.5) is 4.39 Å². The summed E-state index contributed by atoms with van der Waals surface area (Å²) in [7, 11) is 0. The minimum absolute atomic E-state index is 0.115. The smallest absolute Gasteiger partial charge is 0.249 e. The van der Waals surface area contributed by atoms with Crippen molar-refractivity contribution in [2.24, 2.45) is 0 Å². The molecule has 7 heteroatoms. The largest absolute Gasteiger partial charge is 0.344 e. The first kappa shape index (κ1) is 20.8. The van der Waals surface area contributed by atoms with Crippen molar-refractivity contribution in [2.75, 3.05) is 0 Å². The Morgan fingerprint density at radius 1 is 0.968 bits per heavy atom. The minimum atomic E-state index is -0.510. The number of aromatic nitrogens is 2. The van der Waals surface area contributed by atoms with Crippen molar-refractivity contribution in [3.05, 3.63) is 107 Å². The fraction of sp³-hybridized carbons (Fsp3) is 0.125. The molecule has 1 N–H and O–H groups in total. The van der Waals surface area contributed by atoms with Gasteiger partial charge in [0.05, 0.1) is 6.42 Å². The van der Waals surface area contributed by atoms with Gasteiger partial charge in [0, 0.05) is 17.0 Å². The number of hydrogen-bond acceptors (Lipinski definition) is 4. The van der Waals surface area contributed by atoms with Crippen molar-refractivity contribution in [1.82, 2.24) is 15.5 Å². The van der Waals surface area contributed by atoms with Gasteiger partial charge in [0.2, 0.25) is 17.6 Å². The van der Waals surface area contributed by atoms with Crippen LogP contribution in [0.1, 0.15) is 23.1 Å². The zero-order chi connectivity index (χ0) is 21.6. The zero-order valence-electron chi connectivity index (χ0n) is 16.5. The predicted octanol–water partition coefficient (Wildman–Crippen LogP) is 5.17. The number of hydrogen-bond donors (Lipinski definition) is 1. The number of benzene rings is 3. The van der Waals surface area contributed by atoms with Gasteiger partial charge in [-0.25, -0.2) is 4.39 Å². The summed E-state index contributed by atoms with van der Waals surface area (Å²) >= 11 is 5.94. The monoisotopic (exact) mass is 435 g/mol. The molecule has 0 aliphatic rings. The van der Waals surface area contributed by atoms with Gasteiger partial charge < -0.3 is 9.84 Å². The lowest BCUT2D eigenvalue weighted by Gasteiger charge is -2.15. The van der Waals surface area contributed by atoms with Gasteiger partial charge in [-0.3, -0.25) is 4.79 Å². The van der Waals surface area contributed by atoms with Gasteiger partial charge in [0.1, 0.15) is 11.9 Å². The molecule has 0 spiro atoms. The van der Waals surface area contributed by atoms with Crippen LogP contribution < -0.4 is 5.32 Å². The third-order valence-corrected chi connectivity index (χ3v) is 4.99. The van der Waals surface area contributed by atoms with E-state index in [4.69, 9.17) is 16.1 Å². The molecule has 1 amide bonds. The standard InChI is InChI=1S/C24H19ClFN3O2/c25-19-10-8-18(9-11-19)23-28-24(31-29-23)21(14-16-4-2-1-3-5-16)27-22(30)15-17-6-12-20(26)13-7-17/h1-13,21H,14-15H2,(H,27,30)/t21-/m1/s1. The molecule has 0 saturated heterocycles. The molecule has 5 nitrogen and oxygen atoms in total. The van der Waals surface area contributed by atoms with Crippen LogP contribution in [0.15, 0.2) is 83.4 Å². The van der Waals surface area contributed by atoms with Crippen molar-refractivity contribution >= 4 is 17.5 Å². The highest BCUT2D eigenvalue weighted by molar-refractivity contribution is 6.30. The fourth-order valence-corrected chi connectivity index (χ4v) is 3.30.